The third-order valence-electron chi connectivity index (χ3n) is 4.44. The summed E-state index contributed by atoms with van der Waals surface area (Å²) in [5.41, 5.74) is 0.380. The van der Waals surface area contributed by atoms with Crippen molar-refractivity contribution in [3.8, 4) is 0 Å². The molecule has 0 radical (unpaired) electrons. The van der Waals surface area contributed by atoms with E-state index < -0.39 is 11.6 Å². The van der Waals surface area contributed by atoms with Crippen LogP contribution in [0.3, 0.4) is 0 Å². The van der Waals surface area contributed by atoms with Gasteiger partial charge in [0, 0.05) is 6.20 Å². The van der Waals surface area contributed by atoms with Gasteiger partial charge in [-0.05, 0) is 49.8 Å². The van der Waals surface area contributed by atoms with E-state index in [4.69, 9.17) is 21.8 Å². The van der Waals surface area contributed by atoms with Gasteiger partial charge in [0.2, 0.25) is 0 Å². The van der Waals surface area contributed by atoms with Crippen molar-refractivity contribution in [2.45, 2.75) is 31.8 Å². The van der Waals surface area contributed by atoms with Crippen molar-refractivity contribution in [1.29, 1.82) is 0 Å². The third kappa shape index (κ3) is 3.91. The molecule has 1 aromatic carbocycles. The van der Waals surface area contributed by atoms with Gasteiger partial charge in [0.05, 0.1) is 6.61 Å². The molecule has 5 heteroatoms. The lowest BCUT2D eigenvalue weighted by molar-refractivity contribution is -0.180. The van der Waals surface area contributed by atoms with Crippen molar-refractivity contribution in [1.82, 2.24) is 4.73 Å². The molecule has 1 saturated heterocycles. The average molecular weight is 343 g/mol. The number of carbonyl (C=O) groups excluding carboxylic acids is 1. The molecular weight excluding hydrogens is 322 g/mol. The molecular formula is C19H21NO3S. The molecule has 4 nitrogen and oxygen atoms in total. The van der Waals surface area contributed by atoms with E-state index in [9.17, 15) is 4.79 Å². The monoisotopic (exact) mass is 343 g/mol. The van der Waals surface area contributed by atoms with Crippen molar-refractivity contribution < 1.29 is 14.4 Å². The molecule has 3 rings (SSSR count). The number of hydrogen-bond donors (Lipinski definition) is 0. The lowest BCUT2D eigenvalue weighted by atomic mass is 9.87. The summed E-state index contributed by atoms with van der Waals surface area (Å²) < 4.78 is 7.66. The molecule has 2 atom stereocenters. The molecule has 126 valence electrons. The van der Waals surface area contributed by atoms with Crippen LogP contribution in [0.4, 0.5) is 0 Å². The maximum atomic E-state index is 12.5. The minimum atomic E-state index is -0.919. The van der Waals surface area contributed by atoms with Gasteiger partial charge in [0.1, 0.15) is 4.64 Å². The van der Waals surface area contributed by atoms with Gasteiger partial charge in [-0.3, -0.25) is 0 Å². The van der Waals surface area contributed by atoms with Crippen molar-refractivity contribution in [3.63, 3.8) is 0 Å². The Morgan fingerprint density at radius 2 is 2.04 bits per heavy atom. The Morgan fingerprint density at radius 1 is 1.29 bits per heavy atom. The highest BCUT2D eigenvalue weighted by Gasteiger charge is 2.41. The van der Waals surface area contributed by atoms with Crippen molar-refractivity contribution in [2.24, 2.45) is 5.92 Å². The Bertz CT molecular complexity index is 748. The highest BCUT2D eigenvalue weighted by Crippen LogP contribution is 2.30. The van der Waals surface area contributed by atoms with Crippen LogP contribution in [0.25, 0.3) is 0 Å². The largest absolute Gasteiger partial charge is 0.364 e. The van der Waals surface area contributed by atoms with E-state index in [0.29, 0.717) is 23.6 Å². The Kier molecular flexibility index (Phi) is 5.11. The van der Waals surface area contributed by atoms with Gasteiger partial charge < -0.3 is 9.57 Å². The first-order chi connectivity index (χ1) is 11.6. The minimum Gasteiger partial charge on any atom is -0.363 e. The highest BCUT2D eigenvalue weighted by atomic mass is 32.1. The lowest BCUT2D eigenvalue weighted by Crippen LogP contribution is -2.48. The number of pyridine rings is 1. The summed E-state index contributed by atoms with van der Waals surface area (Å²) in [4.78, 5) is 17.9. The molecule has 0 saturated carbocycles. The second-order valence-corrected chi connectivity index (χ2v) is 6.80. The summed E-state index contributed by atoms with van der Waals surface area (Å²) in [5.74, 6) is 0.0233. The summed E-state index contributed by atoms with van der Waals surface area (Å²) in [7, 11) is 0. The van der Waals surface area contributed by atoms with Gasteiger partial charge >= 0.3 is 5.97 Å². The number of aromatic nitrogens is 1. The van der Waals surface area contributed by atoms with Crippen LogP contribution in [0.5, 0.6) is 0 Å². The SMILES string of the molecule is C[C@@]1(C(=O)On2ccccc2=S)CC[C@H](Cc2ccccc2)CO1. The number of benzene rings is 1. The molecule has 0 aliphatic carbocycles. The van der Waals surface area contributed by atoms with Gasteiger partial charge in [-0.15, -0.1) is 0 Å². The molecule has 0 amide bonds. The van der Waals surface area contributed by atoms with Crippen LogP contribution in [0.15, 0.2) is 54.7 Å². The van der Waals surface area contributed by atoms with E-state index in [1.165, 1.54) is 10.3 Å². The minimum absolute atomic E-state index is 0.400. The quantitative estimate of drug-likeness (QED) is 0.795. The van der Waals surface area contributed by atoms with E-state index >= 15 is 0 Å². The van der Waals surface area contributed by atoms with Crippen LogP contribution >= 0.6 is 12.2 Å². The van der Waals surface area contributed by atoms with Gasteiger partial charge in [-0.1, -0.05) is 48.6 Å². The zero-order valence-electron chi connectivity index (χ0n) is 13.7. The first kappa shape index (κ1) is 16.9. The first-order valence-corrected chi connectivity index (χ1v) is 8.56. The maximum Gasteiger partial charge on any atom is 0.364 e. The fraction of sp³-hybridized carbons (Fsp3) is 0.368. The standard InChI is InChI=1S/C19H21NO3S/c1-19(18(21)23-20-12-6-5-9-17(20)24)11-10-16(14-22-19)13-15-7-3-2-4-8-15/h2-9,12,16H,10-11,13-14H2,1H3/t16-,19+/m1/s1. The Morgan fingerprint density at radius 3 is 2.71 bits per heavy atom. The topological polar surface area (TPSA) is 40.5 Å². The Labute approximate surface area is 147 Å². The van der Waals surface area contributed by atoms with E-state index in [2.05, 4.69) is 12.1 Å². The number of carbonyl (C=O) groups is 1. The van der Waals surface area contributed by atoms with Crippen LogP contribution in [-0.2, 0) is 16.0 Å². The molecule has 1 aliphatic rings. The summed E-state index contributed by atoms with van der Waals surface area (Å²) >= 11 is 5.14. The Balaban J connectivity index is 1.59. The third-order valence-corrected chi connectivity index (χ3v) is 4.75. The molecule has 1 aliphatic heterocycles. The van der Waals surface area contributed by atoms with Crippen LogP contribution in [0.2, 0.25) is 0 Å². The second-order valence-electron chi connectivity index (χ2n) is 6.38. The Hall–Kier alpha value is -1.98. The second kappa shape index (κ2) is 7.28. The molecule has 24 heavy (non-hydrogen) atoms. The predicted octanol–water partition coefficient (Wildman–Crippen LogP) is 3.60. The zero-order valence-corrected chi connectivity index (χ0v) is 14.5. The van der Waals surface area contributed by atoms with E-state index in [1.54, 1.807) is 31.3 Å². The lowest BCUT2D eigenvalue weighted by Gasteiger charge is -2.35. The van der Waals surface area contributed by atoms with E-state index in [1.807, 2.05) is 18.2 Å². The van der Waals surface area contributed by atoms with Gasteiger partial charge in [-0.2, -0.15) is 4.73 Å². The van der Waals surface area contributed by atoms with Gasteiger partial charge in [-0.25, -0.2) is 4.79 Å². The number of rotatable bonds is 4. The van der Waals surface area contributed by atoms with Crippen molar-refractivity contribution >= 4 is 18.2 Å². The molecule has 1 aromatic heterocycles. The smallest absolute Gasteiger partial charge is 0.363 e. The molecule has 2 aromatic rings. The molecule has 0 unspecified atom stereocenters. The fourth-order valence-corrected chi connectivity index (χ4v) is 3.06. The fourth-order valence-electron chi connectivity index (χ4n) is 2.88. The number of ether oxygens (including phenoxy) is 1. The van der Waals surface area contributed by atoms with Crippen LogP contribution in [0, 0.1) is 10.6 Å². The molecule has 0 spiro atoms. The van der Waals surface area contributed by atoms with Gasteiger partial charge in [0.15, 0.2) is 5.60 Å². The normalized spacial score (nSPS) is 23.6. The number of nitrogens with zero attached hydrogens (tertiary/aromatic N) is 1. The molecule has 2 heterocycles. The van der Waals surface area contributed by atoms with Crippen molar-refractivity contribution in [3.05, 3.63) is 64.9 Å². The maximum absolute atomic E-state index is 12.5. The first-order valence-electron chi connectivity index (χ1n) is 8.15. The van der Waals surface area contributed by atoms with Crippen molar-refractivity contribution in [2.75, 3.05) is 6.61 Å². The molecule has 1 fully saturated rings. The summed E-state index contributed by atoms with van der Waals surface area (Å²) in [5, 5.41) is 0. The predicted molar refractivity (Wildman–Crippen MR) is 94.1 cm³/mol. The van der Waals surface area contributed by atoms with E-state index in [0.717, 1.165) is 12.8 Å². The summed E-state index contributed by atoms with van der Waals surface area (Å²) in [6.07, 6.45) is 4.17. The van der Waals surface area contributed by atoms with E-state index in [-0.39, 0.29) is 0 Å². The summed E-state index contributed by atoms with van der Waals surface area (Å²) in [6, 6.07) is 15.6. The van der Waals surface area contributed by atoms with Crippen LogP contribution < -0.4 is 4.84 Å². The molecule has 0 bridgehead atoms. The molecule has 0 N–H and O–H groups in total. The number of hydrogen-bond acceptors (Lipinski definition) is 4. The average Bonchev–Trinajstić information content (AvgIpc) is 2.60. The van der Waals surface area contributed by atoms with Crippen LogP contribution in [0.1, 0.15) is 25.3 Å². The summed E-state index contributed by atoms with van der Waals surface area (Å²) in [6.45, 7) is 2.35. The zero-order chi connectivity index (χ0) is 17.0. The highest BCUT2D eigenvalue weighted by molar-refractivity contribution is 7.71. The van der Waals surface area contributed by atoms with Crippen LogP contribution in [-0.4, -0.2) is 22.9 Å². The van der Waals surface area contributed by atoms with Gasteiger partial charge in [0.25, 0.3) is 0 Å².